The van der Waals surface area contributed by atoms with E-state index in [1.54, 1.807) is 0 Å². The Bertz CT molecular complexity index is 395. The van der Waals surface area contributed by atoms with Crippen LogP contribution >= 0.6 is 0 Å². The molecule has 3 N–H and O–H groups in total. The molecular formula is C13H25N5O. The van der Waals surface area contributed by atoms with Crippen LogP contribution in [0.5, 0.6) is 0 Å². The van der Waals surface area contributed by atoms with Gasteiger partial charge in [-0.3, -0.25) is 0 Å². The zero-order chi connectivity index (χ0) is 14.4. The van der Waals surface area contributed by atoms with E-state index in [2.05, 4.69) is 29.2 Å². The van der Waals surface area contributed by atoms with Crippen molar-refractivity contribution in [1.82, 2.24) is 9.97 Å². The van der Waals surface area contributed by atoms with Crippen molar-refractivity contribution >= 4 is 11.6 Å². The SMILES string of the molecule is CC(C)OCCN(C)c1cc(NN)nc(C(C)C)n1. The highest BCUT2D eigenvalue weighted by atomic mass is 16.5. The molecule has 108 valence electrons. The van der Waals surface area contributed by atoms with Gasteiger partial charge in [-0.2, -0.15) is 0 Å². The number of nitrogen functional groups attached to an aromatic ring is 1. The number of rotatable bonds is 7. The zero-order valence-corrected chi connectivity index (χ0v) is 12.5. The number of nitrogens with zero attached hydrogens (tertiary/aromatic N) is 3. The number of hydrogen-bond donors (Lipinski definition) is 2. The highest BCUT2D eigenvalue weighted by molar-refractivity contribution is 5.48. The van der Waals surface area contributed by atoms with Crippen LogP contribution in [-0.4, -0.2) is 36.3 Å². The fraction of sp³-hybridized carbons (Fsp3) is 0.692. The smallest absolute Gasteiger partial charge is 0.145 e. The van der Waals surface area contributed by atoms with Crippen molar-refractivity contribution in [3.8, 4) is 0 Å². The van der Waals surface area contributed by atoms with Crippen molar-refractivity contribution in [1.29, 1.82) is 0 Å². The van der Waals surface area contributed by atoms with Crippen LogP contribution in [-0.2, 0) is 4.74 Å². The Hall–Kier alpha value is -1.40. The third-order valence-electron chi connectivity index (χ3n) is 2.66. The minimum absolute atomic E-state index is 0.242. The lowest BCUT2D eigenvalue weighted by Gasteiger charge is -2.20. The second-order valence-corrected chi connectivity index (χ2v) is 5.11. The molecule has 0 aliphatic rings. The first-order valence-electron chi connectivity index (χ1n) is 6.62. The van der Waals surface area contributed by atoms with Gasteiger partial charge in [-0.25, -0.2) is 15.8 Å². The second kappa shape index (κ2) is 7.25. The lowest BCUT2D eigenvalue weighted by Crippen LogP contribution is -2.25. The lowest BCUT2D eigenvalue weighted by molar-refractivity contribution is 0.0845. The Morgan fingerprint density at radius 2 is 2.00 bits per heavy atom. The van der Waals surface area contributed by atoms with Gasteiger partial charge >= 0.3 is 0 Å². The largest absolute Gasteiger partial charge is 0.377 e. The molecule has 6 heteroatoms. The Labute approximate surface area is 115 Å². The third-order valence-corrected chi connectivity index (χ3v) is 2.66. The first-order valence-corrected chi connectivity index (χ1v) is 6.62. The van der Waals surface area contributed by atoms with E-state index in [4.69, 9.17) is 10.6 Å². The summed E-state index contributed by atoms with van der Waals surface area (Å²) < 4.78 is 5.54. The van der Waals surface area contributed by atoms with Crippen molar-refractivity contribution < 1.29 is 4.74 Å². The van der Waals surface area contributed by atoms with Gasteiger partial charge in [0.05, 0.1) is 12.7 Å². The summed E-state index contributed by atoms with van der Waals surface area (Å²) in [5.74, 6) is 7.96. The topological polar surface area (TPSA) is 76.3 Å². The van der Waals surface area contributed by atoms with Crippen molar-refractivity contribution in [3.05, 3.63) is 11.9 Å². The number of nitrogens with one attached hydrogen (secondary N) is 1. The fourth-order valence-corrected chi connectivity index (χ4v) is 1.52. The summed E-state index contributed by atoms with van der Waals surface area (Å²) in [6.45, 7) is 9.61. The van der Waals surface area contributed by atoms with Crippen molar-refractivity contribution in [2.45, 2.75) is 39.7 Å². The average Bonchev–Trinajstić information content (AvgIpc) is 2.37. The van der Waals surface area contributed by atoms with E-state index in [1.807, 2.05) is 31.9 Å². The van der Waals surface area contributed by atoms with E-state index >= 15 is 0 Å². The minimum atomic E-state index is 0.242. The summed E-state index contributed by atoms with van der Waals surface area (Å²) in [7, 11) is 1.98. The predicted molar refractivity (Wildman–Crippen MR) is 78.3 cm³/mol. The first kappa shape index (κ1) is 15.7. The van der Waals surface area contributed by atoms with E-state index in [9.17, 15) is 0 Å². The Morgan fingerprint density at radius 3 is 2.53 bits per heavy atom. The van der Waals surface area contributed by atoms with Crippen LogP contribution in [0.15, 0.2) is 6.07 Å². The van der Waals surface area contributed by atoms with Crippen LogP contribution in [0.25, 0.3) is 0 Å². The summed E-state index contributed by atoms with van der Waals surface area (Å²) in [6, 6.07) is 1.83. The van der Waals surface area contributed by atoms with Gasteiger partial charge in [-0.15, -0.1) is 0 Å². The summed E-state index contributed by atoms with van der Waals surface area (Å²) in [6.07, 6.45) is 0.242. The van der Waals surface area contributed by atoms with E-state index in [-0.39, 0.29) is 12.0 Å². The molecule has 0 saturated heterocycles. The Kier molecular flexibility index (Phi) is 5.98. The van der Waals surface area contributed by atoms with Crippen molar-refractivity contribution in [2.75, 3.05) is 30.5 Å². The molecule has 0 radical (unpaired) electrons. The number of hydrogen-bond acceptors (Lipinski definition) is 6. The van der Waals surface area contributed by atoms with Crippen LogP contribution in [0, 0.1) is 0 Å². The first-order chi connectivity index (χ1) is 8.93. The van der Waals surface area contributed by atoms with Crippen molar-refractivity contribution in [3.63, 3.8) is 0 Å². The van der Waals surface area contributed by atoms with Gasteiger partial charge in [-0.1, -0.05) is 13.8 Å². The number of ether oxygens (including phenoxy) is 1. The van der Waals surface area contributed by atoms with Crippen LogP contribution < -0.4 is 16.2 Å². The van der Waals surface area contributed by atoms with Gasteiger partial charge in [0.2, 0.25) is 0 Å². The maximum Gasteiger partial charge on any atom is 0.145 e. The normalized spacial score (nSPS) is 11.2. The van der Waals surface area contributed by atoms with Gasteiger partial charge in [0.15, 0.2) is 0 Å². The number of likely N-dealkylation sites (N-methyl/N-ethyl adjacent to an activating group) is 1. The highest BCUT2D eigenvalue weighted by Gasteiger charge is 2.10. The highest BCUT2D eigenvalue weighted by Crippen LogP contribution is 2.18. The van der Waals surface area contributed by atoms with Gasteiger partial charge in [-0.05, 0) is 13.8 Å². The molecule has 1 aromatic heterocycles. The number of hydrazine groups is 1. The molecule has 0 aromatic carbocycles. The zero-order valence-electron chi connectivity index (χ0n) is 12.5. The quantitative estimate of drug-likeness (QED) is 0.579. The standard InChI is InChI=1S/C13H25N5O/c1-9(2)13-15-11(17-14)8-12(16-13)18(5)6-7-19-10(3)4/h8-10H,6-7,14H2,1-5H3,(H,15,16,17). The molecular weight excluding hydrogens is 242 g/mol. The Balaban J connectivity index is 2.77. The van der Waals surface area contributed by atoms with E-state index in [1.165, 1.54) is 0 Å². The summed E-state index contributed by atoms with van der Waals surface area (Å²) in [5, 5.41) is 0. The monoisotopic (exact) mass is 267 g/mol. The second-order valence-electron chi connectivity index (χ2n) is 5.11. The van der Waals surface area contributed by atoms with Crippen LogP contribution in [0.4, 0.5) is 11.6 Å². The van der Waals surface area contributed by atoms with Crippen LogP contribution in [0.1, 0.15) is 39.4 Å². The molecule has 0 aliphatic heterocycles. The molecule has 0 aliphatic carbocycles. The van der Waals surface area contributed by atoms with Crippen LogP contribution in [0.2, 0.25) is 0 Å². The number of aromatic nitrogens is 2. The molecule has 0 bridgehead atoms. The summed E-state index contributed by atoms with van der Waals surface area (Å²) in [4.78, 5) is 10.9. The molecule has 19 heavy (non-hydrogen) atoms. The molecule has 1 aromatic rings. The molecule has 0 fully saturated rings. The molecule has 0 amide bonds. The average molecular weight is 267 g/mol. The van der Waals surface area contributed by atoms with Crippen LogP contribution in [0.3, 0.4) is 0 Å². The summed E-state index contributed by atoms with van der Waals surface area (Å²) in [5.41, 5.74) is 2.58. The molecule has 0 saturated carbocycles. The van der Waals surface area contributed by atoms with E-state index in [0.717, 1.165) is 18.2 Å². The maximum atomic E-state index is 5.54. The molecule has 1 heterocycles. The van der Waals surface area contributed by atoms with E-state index < -0.39 is 0 Å². The van der Waals surface area contributed by atoms with Gasteiger partial charge < -0.3 is 15.1 Å². The maximum absolute atomic E-state index is 5.54. The third kappa shape index (κ3) is 5.00. The lowest BCUT2D eigenvalue weighted by atomic mass is 10.2. The minimum Gasteiger partial charge on any atom is -0.377 e. The molecule has 0 spiro atoms. The van der Waals surface area contributed by atoms with Gasteiger partial charge in [0.1, 0.15) is 17.5 Å². The van der Waals surface area contributed by atoms with E-state index in [0.29, 0.717) is 12.4 Å². The fourth-order valence-electron chi connectivity index (χ4n) is 1.52. The van der Waals surface area contributed by atoms with Gasteiger partial charge in [0, 0.05) is 25.6 Å². The predicted octanol–water partition coefficient (Wildman–Crippen LogP) is 1.75. The summed E-state index contributed by atoms with van der Waals surface area (Å²) >= 11 is 0. The molecule has 6 nitrogen and oxygen atoms in total. The molecule has 0 atom stereocenters. The number of nitrogens with two attached hydrogens (primary N) is 1. The molecule has 1 rings (SSSR count). The number of anilines is 2. The Morgan fingerprint density at radius 1 is 1.32 bits per heavy atom. The van der Waals surface area contributed by atoms with Gasteiger partial charge in [0.25, 0.3) is 0 Å². The van der Waals surface area contributed by atoms with Crippen molar-refractivity contribution in [2.24, 2.45) is 5.84 Å². The molecule has 0 unspecified atom stereocenters.